The molecule has 2 aromatic heterocycles. The number of aromatic amines is 1. The minimum atomic E-state index is 0.580. The molecule has 0 aliphatic heterocycles. The minimum absolute atomic E-state index is 0.580. The molecule has 2 N–H and O–H groups in total. The van der Waals surface area contributed by atoms with Crippen LogP contribution in [0.1, 0.15) is 30.2 Å². The highest BCUT2D eigenvalue weighted by atomic mass is 16.5. The molecule has 0 unspecified atom stereocenters. The van der Waals surface area contributed by atoms with Crippen molar-refractivity contribution >= 4 is 0 Å². The zero-order valence-corrected chi connectivity index (χ0v) is 15.2. The van der Waals surface area contributed by atoms with Crippen molar-refractivity contribution in [2.75, 3.05) is 6.61 Å². The number of rotatable bonds is 9. The number of aromatic nitrogens is 3. The van der Waals surface area contributed by atoms with E-state index >= 15 is 0 Å². The molecule has 136 valence electrons. The van der Waals surface area contributed by atoms with Gasteiger partial charge in [-0.05, 0) is 31.5 Å². The highest BCUT2D eigenvalue weighted by Gasteiger charge is 2.10. The Morgan fingerprint density at radius 2 is 1.85 bits per heavy atom. The quantitative estimate of drug-likeness (QED) is 0.609. The van der Waals surface area contributed by atoms with E-state index < -0.39 is 0 Å². The van der Waals surface area contributed by atoms with Crippen LogP contribution in [0, 0.1) is 6.92 Å². The van der Waals surface area contributed by atoms with Gasteiger partial charge in [-0.3, -0.25) is 5.10 Å². The molecule has 0 aliphatic carbocycles. The number of nitrogens with zero attached hydrogens (tertiary/aromatic N) is 2. The summed E-state index contributed by atoms with van der Waals surface area (Å²) in [6.45, 7) is 6.11. The van der Waals surface area contributed by atoms with E-state index in [1.807, 2.05) is 49.5 Å². The van der Waals surface area contributed by atoms with Gasteiger partial charge < -0.3 is 14.8 Å². The van der Waals surface area contributed by atoms with E-state index in [9.17, 15) is 0 Å². The molecule has 0 saturated carbocycles. The van der Waals surface area contributed by atoms with E-state index in [0.717, 1.165) is 35.5 Å². The molecular weight excluding hydrogens is 328 g/mol. The predicted octanol–water partition coefficient (Wildman–Crippen LogP) is 3.98. The molecular formula is C20H24N4O2. The molecule has 0 spiro atoms. The first-order valence-corrected chi connectivity index (χ1v) is 8.81. The summed E-state index contributed by atoms with van der Waals surface area (Å²) < 4.78 is 11.8. The largest absolute Gasteiger partial charge is 0.490 e. The molecule has 3 rings (SSSR count). The fraction of sp³-hybridized carbons (Fsp3) is 0.300. The van der Waals surface area contributed by atoms with E-state index in [4.69, 9.17) is 9.47 Å². The third-order valence-corrected chi connectivity index (χ3v) is 3.93. The number of ether oxygens (including phenoxy) is 2. The van der Waals surface area contributed by atoms with Crippen molar-refractivity contribution < 1.29 is 9.47 Å². The zero-order chi connectivity index (χ0) is 18.2. The number of nitrogens with one attached hydrogen (secondary N) is 2. The Balaban J connectivity index is 1.68. The van der Waals surface area contributed by atoms with Crippen molar-refractivity contribution in [2.24, 2.45) is 0 Å². The first kappa shape index (κ1) is 17.9. The van der Waals surface area contributed by atoms with Crippen LogP contribution < -0.4 is 14.8 Å². The van der Waals surface area contributed by atoms with Crippen LogP contribution in [-0.2, 0) is 13.1 Å². The molecule has 6 nitrogen and oxygen atoms in total. The maximum Gasteiger partial charge on any atom is 0.223 e. The molecule has 0 fully saturated rings. The second-order valence-electron chi connectivity index (χ2n) is 5.99. The van der Waals surface area contributed by atoms with Crippen LogP contribution in [-0.4, -0.2) is 21.8 Å². The van der Waals surface area contributed by atoms with Gasteiger partial charge in [0.05, 0.1) is 12.8 Å². The van der Waals surface area contributed by atoms with Crippen LogP contribution in [0.4, 0.5) is 0 Å². The zero-order valence-electron chi connectivity index (χ0n) is 15.2. The van der Waals surface area contributed by atoms with Crippen LogP contribution in [0.2, 0.25) is 0 Å². The van der Waals surface area contributed by atoms with E-state index in [1.165, 1.54) is 0 Å². The van der Waals surface area contributed by atoms with E-state index in [1.54, 1.807) is 6.20 Å². The van der Waals surface area contributed by atoms with Crippen molar-refractivity contribution in [3.8, 4) is 17.4 Å². The summed E-state index contributed by atoms with van der Waals surface area (Å²) in [6.07, 6.45) is 4.51. The Bertz CT molecular complexity index is 832. The lowest BCUT2D eigenvalue weighted by Gasteiger charge is -2.14. The average molecular weight is 352 g/mol. The van der Waals surface area contributed by atoms with Crippen LogP contribution >= 0.6 is 0 Å². The molecule has 0 aliphatic rings. The molecule has 2 heterocycles. The van der Waals surface area contributed by atoms with Crippen molar-refractivity contribution in [3.05, 3.63) is 65.6 Å². The van der Waals surface area contributed by atoms with E-state index in [0.29, 0.717) is 24.8 Å². The lowest BCUT2D eigenvalue weighted by atomic mass is 10.2. The van der Waals surface area contributed by atoms with Gasteiger partial charge in [0.1, 0.15) is 0 Å². The number of hydrogen-bond acceptors (Lipinski definition) is 5. The minimum Gasteiger partial charge on any atom is -0.490 e. The number of para-hydroxylation sites is 2. The highest BCUT2D eigenvalue weighted by Crippen LogP contribution is 2.31. The topological polar surface area (TPSA) is 72.1 Å². The number of hydrogen-bond donors (Lipinski definition) is 2. The van der Waals surface area contributed by atoms with Gasteiger partial charge >= 0.3 is 0 Å². The summed E-state index contributed by atoms with van der Waals surface area (Å²) in [5, 5.41) is 10.4. The molecule has 0 amide bonds. The summed E-state index contributed by atoms with van der Waals surface area (Å²) in [5.74, 6) is 1.98. The van der Waals surface area contributed by atoms with Crippen molar-refractivity contribution in [1.82, 2.24) is 20.5 Å². The van der Waals surface area contributed by atoms with Gasteiger partial charge in [-0.25, -0.2) is 4.98 Å². The Labute approximate surface area is 153 Å². The standard InChI is InChI=1S/C20H24N4O2/c1-3-11-25-18-8-4-5-9-19(18)26-20-16(7-6-10-22-20)12-21-13-17-14-23-24-15(17)2/h4-10,14,21H,3,11-13H2,1-2H3,(H,23,24). The van der Waals surface area contributed by atoms with Crippen LogP contribution in [0.5, 0.6) is 17.4 Å². The Kier molecular flexibility index (Phi) is 6.22. The third-order valence-electron chi connectivity index (χ3n) is 3.93. The molecule has 0 bridgehead atoms. The number of aryl methyl sites for hydroxylation is 1. The molecule has 0 radical (unpaired) electrons. The molecule has 3 aromatic rings. The number of pyridine rings is 1. The van der Waals surface area contributed by atoms with Crippen molar-refractivity contribution in [1.29, 1.82) is 0 Å². The van der Waals surface area contributed by atoms with Gasteiger partial charge in [0.15, 0.2) is 11.5 Å². The van der Waals surface area contributed by atoms with Gasteiger partial charge in [0.2, 0.25) is 5.88 Å². The molecule has 0 atom stereocenters. The van der Waals surface area contributed by atoms with Gasteiger partial charge in [-0.15, -0.1) is 0 Å². The van der Waals surface area contributed by atoms with Crippen LogP contribution in [0.15, 0.2) is 48.8 Å². The first-order valence-electron chi connectivity index (χ1n) is 8.81. The Hall–Kier alpha value is -2.86. The Morgan fingerprint density at radius 3 is 2.62 bits per heavy atom. The first-order chi connectivity index (χ1) is 12.8. The summed E-state index contributed by atoms with van der Waals surface area (Å²) in [4.78, 5) is 4.39. The highest BCUT2D eigenvalue weighted by molar-refractivity contribution is 5.42. The van der Waals surface area contributed by atoms with Crippen LogP contribution in [0.3, 0.4) is 0 Å². The molecule has 1 aromatic carbocycles. The third kappa shape index (κ3) is 4.61. The monoisotopic (exact) mass is 352 g/mol. The van der Waals surface area contributed by atoms with Gasteiger partial charge in [-0.2, -0.15) is 5.10 Å². The SMILES string of the molecule is CCCOc1ccccc1Oc1ncccc1CNCc1cn[nH]c1C. The summed E-state index contributed by atoms with van der Waals surface area (Å²) in [6, 6.07) is 11.6. The molecule has 0 saturated heterocycles. The number of benzene rings is 1. The fourth-order valence-electron chi connectivity index (χ4n) is 2.51. The van der Waals surface area contributed by atoms with E-state index in [2.05, 4.69) is 27.4 Å². The van der Waals surface area contributed by atoms with E-state index in [-0.39, 0.29) is 0 Å². The summed E-state index contributed by atoms with van der Waals surface area (Å²) in [5.41, 5.74) is 3.20. The summed E-state index contributed by atoms with van der Waals surface area (Å²) >= 11 is 0. The lowest BCUT2D eigenvalue weighted by Crippen LogP contribution is -2.14. The maximum atomic E-state index is 6.05. The van der Waals surface area contributed by atoms with Crippen molar-refractivity contribution in [2.45, 2.75) is 33.4 Å². The predicted molar refractivity (Wildman–Crippen MR) is 100 cm³/mol. The number of H-pyrrole nitrogens is 1. The Morgan fingerprint density at radius 1 is 1.04 bits per heavy atom. The molecule has 6 heteroatoms. The van der Waals surface area contributed by atoms with Crippen LogP contribution in [0.25, 0.3) is 0 Å². The molecule has 26 heavy (non-hydrogen) atoms. The van der Waals surface area contributed by atoms with Gasteiger partial charge in [0, 0.05) is 36.1 Å². The summed E-state index contributed by atoms with van der Waals surface area (Å²) in [7, 11) is 0. The van der Waals surface area contributed by atoms with Crippen molar-refractivity contribution in [3.63, 3.8) is 0 Å². The smallest absolute Gasteiger partial charge is 0.223 e. The van der Waals surface area contributed by atoms with Gasteiger partial charge in [-0.1, -0.05) is 25.1 Å². The maximum absolute atomic E-state index is 6.05. The average Bonchev–Trinajstić information content (AvgIpc) is 3.07. The second kappa shape index (κ2) is 9.01. The lowest BCUT2D eigenvalue weighted by molar-refractivity contribution is 0.300. The van der Waals surface area contributed by atoms with Gasteiger partial charge in [0.25, 0.3) is 0 Å². The normalized spacial score (nSPS) is 10.7. The second-order valence-corrected chi connectivity index (χ2v) is 5.99. The fourth-order valence-corrected chi connectivity index (χ4v) is 2.51.